The van der Waals surface area contributed by atoms with Crippen molar-refractivity contribution in [3.05, 3.63) is 17.7 Å². The van der Waals surface area contributed by atoms with Crippen LogP contribution in [0.1, 0.15) is 10.4 Å². The third-order valence-electron chi connectivity index (χ3n) is 1.66. The molecule has 0 amide bonds. The minimum Gasteiger partial charge on any atom is -0.493 e. The van der Waals surface area contributed by atoms with Gasteiger partial charge in [-0.1, -0.05) is 0 Å². The van der Waals surface area contributed by atoms with E-state index in [-0.39, 0.29) is 0 Å². The van der Waals surface area contributed by atoms with Crippen LogP contribution < -0.4 is 15.2 Å². The number of hydrogen-bond donors (Lipinski definition) is 1. The monoisotopic (exact) mass is 181 g/mol. The Morgan fingerprint density at radius 1 is 1.31 bits per heavy atom. The first-order valence-electron chi connectivity index (χ1n) is 3.69. The number of anilines is 1. The molecule has 4 heteroatoms. The highest BCUT2D eigenvalue weighted by molar-refractivity contribution is 5.83. The van der Waals surface area contributed by atoms with Gasteiger partial charge in [-0.15, -0.1) is 0 Å². The zero-order valence-electron chi connectivity index (χ0n) is 7.53. The molecular weight excluding hydrogens is 170 g/mol. The summed E-state index contributed by atoms with van der Waals surface area (Å²) < 4.78 is 10.00. The highest BCUT2D eigenvalue weighted by Gasteiger charge is 2.09. The Kier molecular flexibility index (Phi) is 2.74. The van der Waals surface area contributed by atoms with Crippen LogP contribution >= 0.6 is 0 Å². The molecule has 0 fully saturated rings. The summed E-state index contributed by atoms with van der Waals surface area (Å²) in [6, 6.07) is 3.14. The van der Waals surface area contributed by atoms with Crippen molar-refractivity contribution in [1.29, 1.82) is 0 Å². The van der Waals surface area contributed by atoms with Crippen molar-refractivity contribution in [3.8, 4) is 11.5 Å². The van der Waals surface area contributed by atoms with Crippen LogP contribution in [0, 0.1) is 0 Å². The van der Waals surface area contributed by atoms with Gasteiger partial charge in [0.25, 0.3) is 0 Å². The topological polar surface area (TPSA) is 61.5 Å². The van der Waals surface area contributed by atoms with E-state index in [1.807, 2.05) is 0 Å². The normalized spacial score (nSPS) is 9.38. The van der Waals surface area contributed by atoms with E-state index < -0.39 is 0 Å². The van der Waals surface area contributed by atoms with Gasteiger partial charge in [-0.05, 0) is 6.07 Å². The van der Waals surface area contributed by atoms with Crippen LogP contribution in [-0.4, -0.2) is 20.5 Å². The van der Waals surface area contributed by atoms with Crippen molar-refractivity contribution in [2.45, 2.75) is 0 Å². The van der Waals surface area contributed by atoms with Gasteiger partial charge in [0.05, 0.1) is 19.8 Å². The minimum atomic E-state index is 0.388. The molecule has 1 aromatic carbocycles. The first kappa shape index (κ1) is 9.38. The van der Waals surface area contributed by atoms with Gasteiger partial charge in [0, 0.05) is 11.8 Å². The van der Waals surface area contributed by atoms with Gasteiger partial charge in [0.15, 0.2) is 17.8 Å². The summed E-state index contributed by atoms with van der Waals surface area (Å²) in [6.45, 7) is 0. The van der Waals surface area contributed by atoms with Crippen LogP contribution in [0.25, 0.3) is 0 Å². The van der Waals surface area contributed by atoms with Gasteiger partial charge in [0.1, 0.15) is 0 Å². The second-order valence-corrected chi connectivity index (χ2v) is 2.46. The number of carbonyl (C=O) groups excluding carboxylic acids is 1. The average Bonchev–Trinajstić information content (AvgIpc) is 2.16. The van der Waals surface area contributed by atoms with Gasteiger partial charge in [-0.2, -0.15) is 0 Å². The van der Waals surface area contributed by atoms with Gasteiger partial charge in [-0.25, -0.2) is 0 Å². The van der Waals surface area contributed by atoms with E-state index in [0.717, 1.165) is 0 Å². The number of hydrogen-bond acceptors (Lipinski definition) is 4. The maximum atomic E-state index is 10.6. The van der Waals surface area contributed by atoms with Crippen molar-refractivity contribution in [3.63, 3.8) is 0 Å². The van der Waals surface area contributed by atoms with E-state index >= 15 is 0 Å². The molecule has 2 N–H and O–H groups in total. The van der Waals surface area contributed by atoms with Crippen molar-refractivity contribution < 1.29 is 14.3 Å². The van der Waals surface area contributed by atoms with E-state index in [1.165, 1.54) is 20.3 Å². The number of nitrogen functional groups attached to an aromatic ring is 1. The van der Waals surface area contributed by atoms with Gasteiger partial charge < -0.3 is 15.2 Å². The Hall–Kier alpha value is -1.71. The summed E-state index contributed by atoms with van der Waals surface area (Å²) >= 11 is 0. The van der Waals surface area contributed by atoms with Crippen molar-refractivity contribution in [1.82, 2.24) is 0 Å². The van der Waals surface area contributed by atoms with Crippen LogP contribution in [0.5, 0.6) is 11.5 Å². The number of ether oxygens (including phenoxy) is 2. The fraction of sp³-hybridized carbons (Fsp3) is 0.222. The van der Waals surface area contributed by atoms with Crippen molar-refractivity contribution in [2.24, 2.45) is 0 Å². The molecule has 0 saturated heterocycles. The summed E-state index contributed by atoms with van der Waals surface area (Å²) in [4.78, 5) is 10.6. The molecule has 0 bridgehead atoms. The van der Waals surface area contributed by atoms with Crippen LogP contribution in [0.15, 0.2) is 12.1 Å². The molecule has 1 rings (SSSR count). The third kappa shape index (κ3) is 1.72. The summed E-state index contributed by atoms with van der Waals surface area (Å²) in [5, 5.41) is 0. The van der Waals surface area contributed by atoms with E-state index in [0.29, 0.717) is 29.0 Å². The fourth-order valence-electron chi connectivity index (χ4n) is 1.10. The van der Waals surface area contributed by atoms with Gasteiger partial charge in [-0.3, -0.25) is 4.79 Å². The molecule has 0 aliphatic carbocycles. The molecule has 4 nitrogen and oxygen atoms in total. The molecule has 0 unspecified atom stereocenters. The SMILES string of the molecule is COc1cc(N)cc(C=O)c1OC. The Bertz CT molecular complexity index is 323. The second kappa shape index (κ2) is 3.80. The number of aldehydes is 1. The predicted octanol–water partition coefficient (Wildman–Crippen LogP) is 1.10. The molecule has 0 saturated carbocycles. The predicted molar refractivity (Wildman–Crippen MR) is 49.3 cm³/mol. The van der Waals surface area contributed by atoms with Gasteiger partial charge in [0.2, 0.25) is 0 Å². The maximum absolute atomic E-state index is 10.6. The van der Waals surface area contributed by atoms with E-state index in [9.17, 15) is 4.79 Å². The molecular formula is C9H11NO3. The molecule has 0 aliphatic rings. The van der Waals surface area contributed by atoms with Crippen LogP contribution in [0.3, 0.4) is 0 Å². The standard InChI is InChI=1S/C9H11NO3/c1-12-8-4-7(10)3-6(5-11)9(8)13-2/h3-5H,10H2,1-2H3. The number of benzene rings is 1. The molecule has 0 atom stereocenters. The summed E-state index contributed by atoms with van der Waals surface area (Å²) in [6.07, 6.45) is 0.678. The molecule has 13 heavy (non-hydrogen) atoms. The molecule has 0 spiro atoms. The lowest BCUT2D eigenvalue weighted by Crippen LogP contribution is -1.97. The molecule has 0 heterocycles. The zero-order chi connectivity index (χ0) is 9.84. The van der Waals surface area contributed by atoms with Crippen LogP contribution in [0.4, 0.5) is 5.69 Å². The first-order chi connectivity index (χ1) is 6.22. The fourth-order valence-corrected chi connectivity index (χ4v) is 1.10. The average molecular weight is 181 g/mol. The van der Waals surface area contributed by atoms with Gasteiger partial charge >= 0.3 is 0 Å². The lowest BCUT2D eigenvalue weighted by atomic mass is 10.2. The Morgan fingerprint density at radius 3 is 2.46 bits per heavy atom. The lowest BCUT2D eigenvalue weighted by molar-refractivity contribution is 0.112. The summed E-state index contributed by atoms with van der Waals surface area (Å²) in [5.74, 6) is 0.872. The van der Waals surface area contributed by atoms with E-state index in [2.05, 4.69) is 0 Å². The summed E-state index contributed by atoms with van der Waals surface area (Å²) in [5.41, 5.74) is 6.40. The quantitative estimate of drug-likeness (QED) is 0.560. The zero-order valence-corrected chi connectivity index (χ0v) is 7.53. The number of nitrogens with two attached hydrogens (primary N) is 1. The molecule has 0 radical (unpaired) electrons. The van der Waals surface area contributed by atoms with Crippen molar-refractivity contribution >= 4 is 12.0 Å². The molecule has 1 aromatic rings. The third-order valence-corrected chi connectivity index (χ3v) is 1.66. The number of carbonyl (C=O) groups is 1. The highest BCUT2D eigenvalue weighted by Crippen LogP contribution is 2.32. The summed E-state index contributed by atoms with van der Waals surface area (Å²) in [7, 11) is 2.97. The Balaban J connectivity index is 3.33. The number of methoxy groups -OCH3 is 2. The molecule has 0 aromatic heterocycles. The first-order valence-corrected chi connectivity index (χ1v) is 3.69. The lowest BCUT2D eigenvalue weighted by Gasteiger charge is -2.09. The van der Waals surface area contributed by atoms with E-state index in [1.54, 1.807) is 6.07 Å². The minimum absolute atomic E-state index is 0.388. The molecule has 0 aliphatic heterocycles. The van der Waals surface area contributed by atoms with Crippen LogP contribution in [-0.2, 0) is 0 Å². The van der Waals surface area contributed by atoms with Crippen LogP contribution in [0.2, 0.25) is 0 Å². The largest absolute Gasteiger partial charge is 0.493 e. The second-order valence-electron chi connectivity index (χ2n) is 2.46. The molecule has 70 valence electrons. The number of rotatable bonds is 3. The van der Waals surface area contributed by atoms with E-state index in [4.69, 9.17) is 15.2 Å². The Labute approximate surface area is 76.3 Å². The Morgan fingerprint density at radius 2 is 2.00 bits per heavy atom. The maximum Gasteiger partial charge on any atom is 0.171 e. The smallest absolute Gasteiger partial charge is 0.171 e. The van der Waals surface area contributed by atoms with Crippen molar-refractivity contribution in [2.75, 3.05) is 20.0 Å². The highest BCUT2D eigenvalue weighted by atomic mass is 16.5.